The smallest absolute Gasteiger partial charge is 0.266 e. The first kappa shape index (κ1) is 22.4. The lowest BCUT2D eigenvalue weighted by Gasteiger charge is -2.13. The summed E-state index contributed by atoms with van der Waals surface area (Å²) >= 11 is 13.4. The lowest BCUT2D eigenvalue weighted by atomic mass is 10.1. The number of hydrogen-bond donors (Lipinski definition) is 1. The van der Waals surface area contributed by atoms with Gasteiger partial charge in [-0.05, 0) is 80.1 Å². The number of aromatic nitrogens is 2. The monoisotopic (exact) mass is 483 g/mol. The Labute approximate surface area is 199 Å². The molecule has 3 aromatic carbocycles. The Hall–Kier alpha value is -2.80. The minimum Gasteiger partial charge on any atom is -0.325 e. The molecule has 0 spiro atoms. The van der Waals surface area contributed by atoms with Crippen LogP contribution in [0.1, 0.15) is 11.4 Å². The number of halogens is 2. The van der Waals surface area contributed by atoms with Gasteiger partial charge in [0.2, 0.25) is 5.91 Å². The molecule has 0 saturated carbocycles. The Morgan fingerprint density at radius 2 is 1.69 bits per heavy atom. The van der Waals surface area contributed by atoms with E-state index in [0.717, 1.165) is 10.5 Å². The van der Waals surface area contributed by atoms with Crippen molar-refractivity contribution >= 4 is 57.5 Å². The van der Waals surface area contributed by atoms with Gasteiger partial charge in [-0.2, -0.15) is 0 Å². The molecule has 0 atom stereocenters. The molecule has 1 aromatic heterocycles. The van der Waals surface area contributed by atoms with Gasteiger partial charge in [0.15, 0.2) is 0 Å². The summed E-state index contributed by atoms with van der Waals surface area (Å²) in [4.78, 5) is 30.9. The highest BCUT2D eigenvalue weighted by atomic mass is 35.5. The standard InChI is InChI=1S/C24H19Cl2N3O2S/c1-14-11-17(26)12-21-23(14)27-15(2)29(24(21)31)19-7-9-20(10-8-19)32-13-22(30)28-18-5-3-16(25)4-6-18/h3-12H,13H2,1-2H3,(H,28,30). The molecular weight excluding hydrogens is 465 g/mol. The summed E-state index contributed by atoms with van der Waals surface area (Å²) < 4.78 is 1.57. The minimum atomic E-state index is -0.166. The fourth-order valence-electron chi connectivity index (χ4n) is 3.40. The van der Waals surface area contributed by atoms with Crippen LogP contribution in [0.2, 0.25) is 10.0 Å². The molecule has 0 aliphatic rings. The van der Waals surface area contributed by atoms with Crippen molar-refractivity contribution in [3.05, 3.63) is 92.5 Å². The maximum Gasteiger partial charge on any atom is 0.266 e. The number of fused-ring (bicyclic) bond motifs is 1. The van der Waals surface area contributed by atoms with E-state index >= 15 is 0 Å². The molecule has 32 heavy (non-hydrogen) atoms. The predicted octanol–water partition coefficient (Wildman–Crippen LogP) is 6.04. The van der Waals surface area contributed by atoms with E-state index in [9.17, 15) is 9.59 Å². The molecule has 1 heterocycles. The summed E-state index contributed by atoms with van der Waals surface area (Å²) in [5.41, 5.74) is 2.76. The van der Waals surface area contributed by atoms with E-state index in [1.165, 1.54) is 11.8 Å². The SMILES string of the molecule is Cc1cc(Cl)cc2c(=O)n(-c3ccc(SCC(=O)Nc4ccc(Cl)cc4)cc3)c(C)nc12. The molecular formula is C24H19Cl2N3O2S. The van der Waals surface area contributed by atoms with Crippen molar-refractivity contribution in [2.75, 3.05) is 11.1 Å². The third kappa shape index (κ3) is 4.83. The van der Waals surface area contributed by atoms with E-state index < -0.39 is 0 Å². The number of nitrogens with zero attached hydrogens (tertiary/aromatic N) is 2. The molecule has 8 heteroatoms. The van der Waals surface area contributed by atoms with E-state index in [4.69, 9.17) is 23.2 Å². The lowest BCUT2D eigenvalue weighted by Crippen LogP contribution is -2.22. The highest BCUT2D eigenvalue weighted by Gasteiger charge is 2.13. The Morgan fingerprint density at radius 1 is 1.00 bits per heavy atom. The van der Waals surface area contributed by atoms with E-state index in [-0.39, 0.29) is 17.2 Å². The normalized spacial score (nSPS) is 11.0. The number of thioether (sulfide) groups is 1. The van der Waals surface area contributed by atoms with Gasteiger partial charge in [0.05, 0.1) is 22.3 Å². The van der Waals surface area contributed by atoms with Gasteiger partial charge in [0.1, 0.15) is 5.82 Å². The van der Waals surface area contributed by atoms with Crippen LogP contribution < -0.4 is 10.9 Å². The van der Waals surface area contributed by atoms with Crippen LogP contribution in [0.25, 0.3) is 16.6 Å². The summed E-state index contributed by atoms with van der Waals surface area (Å²) in [6.45, 7) is 3.69. The number of amides is 1. The molecule has 0 radical (unpaired) electrons. The first-order chi connectivity index (χ1) is 15.3. The molecule has 4 aromatic rings. The van der Waals surface area contributed by atoms with E-state index in [1.807, 2.05) is 31.2 Å². The molecule has 5 nitrogen and oxygen atoms in total. The highest BCUT2D eigenvalue weighted by Crippen LogP contribution is 2.23. The summed E-state index contributed by atoms with van der Waals surface area (Å²) in [5, 5.41) is 4.44. The van der Waals surface area contributed by atoms with Crippen LogP contribution in [-0.2, 0) is 4.79 Å². The number of carbonyl (C=O) groups is 1. The van der Waals surface area contributed by atoms with Crippen LogP contribution >= 0.6 is 35.0 Å². The van der Waals surface area contributed by atoms with Gasteiger partial charge in [0, 0.05) is 20.6 Å². The van der Waals surface area contributed by atoms with Gasteiger partial charge >= 0.3 is 0 Å². The van der Waals surface area contributed by atoms with Gasteiger partial charge in [-0.25, -0.2) is 4.98 Å². The minimum absolute atomic E-state index is 0.112. The van der Waals surface area contributed by atoms with Gasteiger partial charge < -0.3 is 5.32 Å². The molecule has 0 unspecified atom stereocenters. The molecule has 4 rings (SSSR count). The molecule has 0 aliphatic heterocycles. The summed E-state index contributed by atoms with van der Waals surface area (Å²) in [7, 11) is 0. The Balaban J connectivity index is 1.51. The van der Waals surface area contributed by atoms with E-state index in [0.29, 0.717) is 38.1 Å². The fraction of sp³-hybridized carbons (Fsp3) is 0.125. The summed E-state index contributed by atoms with van der Waals surface area (Å²) in [5.74, 6) is 0.742. The fourth-order valence-corrected chi connectivity index (χ4v) is 4.50. The van der Waals surface area contributed by atoms with Crippen LogP contribution in [0, 0.1) is 13.8 Å². The van der Waals surface area contributed by atoms with Gasteiger partial charge in [-0.1, -0.05) is 23.2 Å². The maximum atomic E-state index is 13.1. The number of rotatable bonds is 5. The largest absolute Gasteiger partial charge is 0.325 e. The lowest BCUT2D eigenvalue weighted by molar-refractivity contribution is -0.113. The van der Waals surface area contributed by atoms with Crippen LogP contribution in [0.3, 0.4) is 0 Å². The highest BCUT2D eigenvalue weighted by molar-refractivity contribution is 8.00. The summed E-state index contributed by atoms with van der Waals surface area (Å²) in [6, 6.07) is 17.9. The number of benzene rings is 3. The quantitative estimate of drug-likeness (QED) is 0.351. The number of aryl methyl sites for hydroxylation is 2. The Kier molecular flexibility index (Phi) is 6.55. The predicted molar refractivity (Wildman–Crippen MR) is 133 cm³/mol. The Bertz CT molecular complexity index is 1370. The van der Waals surface area contributed by atoms with E-state index in [1.54, 1.807) is 47.9 Å². The van der Waals surface area contributed by atoms with Crippen molar-refractivity contribution in [1.29, 1.82) is 0 Å². The van der Waals surface area contributed by atoms with Crippen molar-refractivity contribution in [1.82, 2.24) is 9.55 Å². The zero-order valence-corrected chi connectivity index (χ0v) is 19.7. The van der Waals surface area contributed by atoms with Gasteiger partial charge in [-0.15, -0.1) is 11.8 Å². The van der Waals surface area contributed by atoms with Gasteiger partial charge in [0.25, 0.3) is 5.56 Å². The van der Waals surface area contributed by atoms with Crippen molar-refractivity contribution in [2.24, 2.45) is 0 Å². The average Bonchev–Trinajstić information content (AvgIpc) is 2.76. The maximum absolute atomic E-state index is 13.1. The van der Waals surface area contributed by atoms with Crippen molar-refractivity contribution in [3.8, 4) is 5.69 Å². The topological polar surface area (TPSA) is 64.0 Å². The van der Waals surface area contributed by atoms with E-state index in [2.05, 4.69) is 10.3 Å². The van der Waals surface area contributed by atoms with Crippen molar-refractivity contribution < 1.29 is 4.79 Å². The molecule has 0 fully saturated rings. The third-order valence-corrected chi connectivity index (χ3v) is 6.37. The molecule has 0 bridgehead atoms. The first-order valence-electron chi connectivity index (χ1n) is 9.80. The third-order valence-electron chi connectivity index (χ3n) is 4.89. The van der Waals surface area contributed by atoms with Crippen LogP contribution in [0.5, 0.6) is 0 Å². The average molecular weight is 484 g/mol. The first-order valence-corrected chi connectivity index (χ1v) is 11.5. The molecule has 1 amide bonds. The number of nitrogens with one attached hydrogen (secondary N) is 1. The number of anilines is 1. The van der Waals surface area contributed by atoms with Gasteiger partial charge in [-0.3, -0.25) is 14.2 Å². The van der Waals surface area contributed by atoms with Crippen molar-refractivity contribution in [2.45, 2.75) is 18.7 Å². The molecule has 162 valence electrons. The molecule has 0 saturated heterocycles. The second-order valence-corrected chi connectivity index (χ2v) is 9.18. The number of carbonyl (C=O) groups excluding carboxylic acids is 1. The zero-order valence-electron chi connectivity index (χ0n) is 17.4. The number of hydrogen-bond acceptors (Lipinski definition) is 4. The van der Waals surface area contributed by atoms with Crippen molar-refractivity contribution in [3.63, 3.8) is 0 Å². The second-order valence-electron chi connectivity index (χ2n) is 7.26. The summed E-state index contributed by atoms with van der Waals surface area (Å²) in [6.07, 6.45) is 0. The second kappa shape index (κ2) is 9.36. The molecule has 1 N–H and O–H groups in total. The van der Waals surface area contributed by atoms with Crippen LogP contribution in [0.4, 0.5) is 5.69 Å². The Morgan fingerprint density at radius 3 is 2.38 bits per heavy atom. The molecule has 0 aliphatic carbocycles. The van der Waals surface area contributed by atoms with Crippen LogP contribution in [0.15, 0.2) is 70.4 Å². The zero-order chi connectivity index (χ0) is 22.8. The van der Waals surface area contributed by atoms with Crippen LogP contribution in [-0.4, -0.2) is 21.2 Å².